The zero-order valence-corrected chi connectivity index (χ0v) is 12.9. The zero-order chi connectivity index (χ0) is 16.9. The maximum absolute atomic E-state index is 13.6. The Labute approximate surface area is 128 Å². The first kappa shape index (κ1) is 17.3. The van der Waals surface area contributed by atoms with E-state index in [4.69, 9.17) is 11.6 Å². The van der Waals surface area contributed by atoms with Gasteiger partial charge in [-0.25, -0.2) is 34.4 Å². The van der Waals surface area contributed by atoms with Crippen LogP contribution in [0.5, 0.6) is 0 Å². The molecule has 1 atom stereocenters. The fourth-order valence-corrected chi connectivity index (χ4v) is 6.18. The van der Waals surface area contributed by atoms with Crippen molar-refractivity contribution in [2.45, 2.75) is 11.7 Å². The minimum atomic E-state index is -4.56. The lowest BCUT2D eigenvalue weighted by Gasteiger charge is -2.14. The van der Waals surface area contributed by atoms with Gasteiger partial charge < -0.3 is 0 Å². The SMILES string of the molecule is O=S1(=O)CCC(S(=O)(=O)Nc2c(F)c(F)c(Cl)c(F)c2F)C1. The molecule has 2 rings (SSSR count). The van der Waals surface area contributed by atoms with E-state index in [9.17, 15) is 34.4 Å². The highest BCUT2D eigenvalue weighted by atomic mass is 35.5. The summed E-state index contributed by atoms with van der Waals surface area (Å²) in [5.41, 5.74) is -1.58. The van der Waals surface area contributed by atoms with E-state index in [2.05, 4.69) is 0 Å². The van der Waals surface area contributed by atoms with Crippen molar-refractivity contribution >= 4 is 37.1 Å². The van der Waals surface area contributed by atoms with E-state index < -0.39 is 70.6 Å². The predicted octanol–water partition coefficient (Wildman–Crippen LogP) is 1.83. The number of nitrogens with one attached hydrogen (secondary N) is 1. The number of halogens is 5. The number of hydrogen-bond acceptors (Lipinski definition) is 4. The zero-order valence-electron chi connectivity index (χ0n) is 10.5. The molecule has 0 amide bonds. The summed E-state index contributed by atoms with van der Waals surface area (Å²) in [6.07, 6.45) is -0.292. The Bertz CT molecular complexity index is 812. The molecule has 1 aromatic rings. The van der Waals surface area contributed by atoms with E-state index in [1.807, 2.05) is 0 Å². The molecule has 1 saturated heterocycles. The summed E-state index contributed by atoms with van der Waals surface area (Å²) in [4.78, 5) is 0. The molecular formula is C10H8ClF4NO4S2. The molecular weight excluding hydrogens is 374 g/mol. The molecule has 1 aromatic carbocycles. The summed E-state index contributed by atoms with van der Waals surface area (Å²) in [5.74, 6) is -9.12. The molecule has 0 radical (unpaired) electrons. The maximum Gasteiger partial charge on any atom is 0.236 e. The number of rotatable bonds is 3. The van der Waals surface area contributed by atoms with Crippen molar-refractivity contribution in [3.8, 4) is 0 Å². The molecule has 1 aliphatic rings. The number of sulfonamides is 1. The van der Waals surface area contributed by atoms with E-state index in [-0.39, 0.29) is 6.42 Å². The quantitative estimate of drug-likeness (QED) is 0.492. The lowest BCUT2D eigenvalue weighted by atomic mass is 10.2. The number of hydrogen-bond donors (Lipinski definition) is 1. The van der Waals surface area contributed by atoms with Crippen molar-refractivity contribution in [3.63, 3.8) is 0 Å². The van der Waals surface area contributed by atoms with Gasteiger partial charge in [-0.05, 0) is 6.42 Å². The standard InChI is InChI=1S/C10H8ClF4NO4S2/c11-5-6(12)8(14)10(9(15)7(5)13)16-22(19,20)4-1-2-21(17,18)3-4/h4,16H,1-3H2. The second-order valence-corrected chi connectivity index (χ2v) is 9.18. The van der Waals surface area contributed by atoms with Gasteiger partial charge in [0.25, 0.3) is 0 Å². The highest BCUT2D eigenvalue weighted by Gasteiger charge is 2.38. The van der Waals surface area contributed by atoms with Crippen LogP contribution in [0.4, 0.5) is 23.2 Å². The van der Waals surface area contributed by atoms with Crippen molar-refractivity contribution in [1.29, 1.82) is 0 Å². The predicted molar refractivity (Wildman–Crippen MR) is 70.9 cm³/mol. The minimum absolute atomic E-state index is 0.292. The summed E-state index contributed by atoms with van der Waals surface area (Å²) >= 11 is 5.01. The van der Waals surface area contributed by atoms with Crippen LogP contribution in [0.15, 0.2) is 0 Å². The van der Waals surface area contributed by atoms with Crippen LogP contribution >= 0.6 is 11.6 Å². The van der Waals surface area contributed by atoms with Gasteiger partial charge in [0.2, 0.25) is 10.0 Å². The molecule has 0 aromatic heterocycles. The summed E-state index contributed by atoms with van der Waals surface area (Å²) in [5, 5.41) is -2.93. The van der Waals surface area contributed by atoms with Crippen molar-refractivity contribution in [3.05, 3.63) is 28.3 Å². The maximum atomic E-state index is 13.6. The Morgan fingerprint density at radius 2 is 1.55 bits per heavy atom. The largest absolute Gasteiger partial charge is 0.277 e. The van der Waals surface area contributed by atoms with Crippen molar-refractivity contribution < 1.29 is 34.4 Å². The van der Waals surface area contributed by atoms with E-state index in [1.165, 1.54) is 4.72 Å². The first-order valence-electron chi connectivity index (χ1n) is 5.70. The second kappa shape index (κ2) is 5.53. The molecule has 0 bridgehead atoms. The molecule has 0 aliphatic carbocycles. The smallest absolute Gasteiger partial charge is 0.236 e. The summed E-state index contributed by atoms with van der Waals surface area (Å²) < 4.78 is 101. The van der Waals surface area contributed by atoms with Gasteiger partial charge in [-0.3, -0.25) is 4.72 Å². The van der Waals surface area contributed by atoms with Gasteiger partial charge in [-0.1, -0.05) is 11.6 Å². The number of sulfone groups is 1. The topological polar surface area (TPSA) is 80.3 Å². The Kier molecular flexibility index (Phi) is 4.35. The number of anilines is 1. The summed E-state index contributed by atoms with van der Waals surface area (Å²) in [7, 11) is -8.15. The fraction of sp³-hybridized carbons (Fsp3) is 0.400. The summed E-state index contributed by atoms with van der Waals surface area (Å²) in [6, 6.07) is 0. The van der Waals surface area contributed by atoms with Crippen LogP contribution in [0.25, 0.3) is 0 Å². The van der Waals surface area contributed by atoms with Crippen LogP contribution in [-0.2, 0) is 19.9 Å². The third kappa shape index (κ3) is 3.01. The van der Waals surface area contributed by atoms with Crippen LogP contribution < -0.4 is 4.72 Å². The molecule has 22 heavy (non-hydrogen) atoms. The van der Waals surface area contributed by atoms with Gasteiger partial charge >= 0.3 is 0 Å². The van der Waals surface area contributed by atoms with Gasteiger partial charge in [-0.2, -0.15) is 0 Å². The molecule has 1 fully saturated rings. The van der Waals surface area contributed by atoms with Gasteiger partial charge in [0.15, 0.2) is 33.1 Å². The molecule has 12 heteroatoms. The Morgan fingerprint density at radius 3 is 1.95 bits per heavy atom. The monoisotopic (exact) mass is 381 g/mol. The molecule has 1 aliphatic heterocycles. The fourth-order valence-electron chi connectivity index (χ4n) is 1.93. The Hall–Kier alpha value is -1.07. The first-order chi connectivity index (χ1) is 9.96. The van der Waals surface area contributed by atoms with Gasteiger partial charge in [0.05, 0.1) is 16.8 Å². The highest BCUT2D eigenvalue weighted by molar-refractivity contribution is 7.97. The summed E-state index contributed by atoms with van der Waals surface area (Å²) in [6.45, 7) is 0. The first-order valence-corrected chi connectivity index (χ1v) is 9.44. The van der Waals surface area contributed by atoms with E-state index in [1.54, 1.807) is 0 Å². The molecule has 1 unspecified atom stereocenters. The molecule has 0 spiro atoms. The van der Waals surface area contributed by atoms with E-state index in [0.717, 1.165) is 0 Å². The van der Waals surface area contributed by atoms with Crippen LogP contribution in [-0.4, -0.2) is 33.6 Å². The van der Waals surface area contributed by atoms with Crippen LogP contribution in [0, 0.1) is 23.3 Å². The Morgan fingerprint density at radius 1 is 1.05 bits per heavy atom. The normalized spacial score (nSPS) is 21.0. The van der Waals surface area contributed by atoms with Crippen LogP contribution in [0.2, 0.25) is 5.02 Å². The second-order valence-electron chi connectivity index (χ2n) is 4.62. The molecule has 0 saturated carbocycles. The van der Waals surface area contributed by atoms with E-state index in [0.29, 0.717) is 0 Å². The third-order valence-electron chi connectivity index (χ3n) is 3.08. The average molecular weight is 382 g/mol. The van der Waals surface area contributed by atoms with Crippen molar-refractivity contribution in [1.82, 2.24) is 0 Å². The van der Waals surface area contributed by atoms with Crippen LogP contribution in [0.1, 0.15) is 6.42 Å². The lowest BCUT2D eigenvalue weighted by molar-refractivity contribution is 0.460. The third-order valence-corrected chi connectivity index (χ3v) is 7.16. The molecule has 5 nitrogen and oxygen atoms in total. The lowest BCUT2D eigenvalue weighted by Crippen LogP contribution is -2.30. The van der Waals surface area contributed by atoms with Crippen LogP contribution in [0.3, 0.4) is 0 Å². The number of benzene rings is 1. The van der Waals surface area contributed by atoms with Gasteiger partial charge in [0.1, 0.15) is 10.7 Å². The van der Waals surface area contributed by atoms with E-state index >= 15 is 0 Å². The van der Waals surface area contributed by atoms with Crippen molar-refractivity contribution in [2.75, 3.05) is 16.2 Å². The Balaban J connectivity index is 2.43. The molecule has 1 N–H and O–H groups in total. The highest BCUT2D eigenvalue weighted by Crippen LogP contribution is 2.32. The molecule has 1 heterocycles. The van der Waals surface area contributed by atoms with Crippen molar-refractivity contribution in [2.24, 2.45) is 0 Å². The van der Waals surface area contributed by atoms with Gasteiger partial charge in [-0.15, -0.1) is 0 Å². The molecule has 124 valence electrons. The van der Waals surface area contributed by atoms with Gasteiger partial charge in [0, 0.05) is 0 Å². The minimum Gasteiger partial charge on any atom is -0.277 e. The average Bonchev–Trinajstić information content (AvgIpc) is 2.80.